The minimum absolute atomic E-state index is 0.288. The van der Waals surface area contributed by atoms with E-state index in [1.165, 1.54) is 6.21 Å². The quantitative estimate of drug-likeness (QED) is 0.660. The second-order valence-corrected chi connectivity index (χ2v) is 4.77. The molecule has 17 heavy (non-hydrogen) atoms. The SMILES string of the molecule is Clc1n[nH]c(Cl)c1C=NNc1ccc(Br)cc1. The molecule has 0 amide bonds. The molecule has 1 aromatic heterocycles. The maximum Gasteiger partial charge on any atom is 0.161 e. The lowest BCUT2D eigenvalue weighted by molar-refractivity contribution is 1.09. The Balaban J connectivity index is 2.05. The zero-order valence-corrected chi connectivity index (χ0v) is 11.5. The van der Waals surface area contributed by atoms with Gasteiger partial charge in [0, 0.05) is 4.47 Å². The van der Waals surface area contributed by atoms with Crippen molar-refractivity contribution in [3.63, 3.8) is 0 Å². The van der Waals surface area contributed by atoms with Crippen LogP contribution in [0.2, 0.25) is 10.3 Å². The van der Waals surface area contributed by atoms with Gasteiger partial charge < -0.3 is 0 Å². The number of H-pyrrole nitrogens is 1. The fourth-order valence-electron chi connectivity index (χ4n) is 1.11. The van der Waals surface area contributed by atoms with Crippen molar-refractivity contribution in [2.45, 2.75) is 0 Å². The molecule has 0 saturated carbocycles. The van der Waals surface area contributed by atoms with Crippen LogP contribution in [0, 0.1) is 0 Å². The van der Waals surface area contributed by atoms with Gasteiger partial charge in [-0.05, 0) is 24.3 Å². The van der Waals surface area contributed by atoms with Crippen LogP contribution in [-0.2, 0) is 0 Å². The third-order valence-electron chi connectivity index (χ3n) is 1.94. The van der Waals surface area contributed by atoms with E-state index in [9.17, 15) is 0 Å². The van der Waals surface area contributed by atoms with Gasteiger partial charge in [0.2, 0.25) is 0 Å². The molecule has 0 unspecified atom stereocenters. The Kier molecular flexibility index (Phi) is 4.04. The van der Waals surface area contributed by atoms with Crippen LogP contribution in [-0.4, -0.2) is 16.4 Å². The molecule has 0 bridgehead atoms. The molecule has 0 spiro atoms. The van der Waals surface area contributed by atoms with Crippen molar-refractivity contribution in [1.82, 2.24) is 10.2 Å². The minimum atomic E-state index is 0.288. The van der Waals surface area contributed by atoms with Gasteiger partial charge in [-0.3, -0.25) is 10.5 Å². The summed E-state index contributed by atoms with van der Waals surface area (Å²) in [6, 6.07) is 7.60. The van der Waals surface area contributed by atoms with Crippen LogP contribution < -0.4 is 5.43 Å². The van der Waals surface area contributed by atoms with Crippen LogP contribution in [0.25, 0.3) is 0 Å². The number of aromatic nitrogens is 2. The van der Waals surface area contributed by atoms with Gasteiger partial charge in [0.05, 0.1) is 17.5 Å². The van der Waals surface area contributed by atoms with Gasteiger partial charge in [-0.15, -0.1) is 0 Å². The number of halogens is 3. The first kappa shape index (κ1) is 12.4. The summed E-state index contributed by atoms with van der Waals surface area (Å²) in [5.74, 6) is 0. The topological polar surface area (TPSA) is 53.1 Å². The van der Waals surface area contributed by atoms with Crippen molar-refractivity contribution >= 4 is 51.0 Å². The largest absolute Gasteiger partial charge is 0.279 e. The molecule has 0 aliphatic heterocycles. The van der Waals surface area contributed by atoms with Crippen LogP contribution in [0.15, 0.2) is 33.8 Å². The highest BCUT2D eigenvalue weighted by Gasteiger charge is 2.06. The van der Waals surface area contributed by atoms with E-state index in [-0.39, 0.29) is 5.15 Å². The number of nitrogens with one attached hydrogen (secondary N) is 2. The normalized spacial score (nSPS) is 11.0. The lowest BCUT2D eigenvalue weighted by atomic mass is 10.3. The zero-order chi connectivity index (χ0) is 12.3. The molecule has 2 rings (SSSR count). The number of aromatic amines is 1. The highest BCUT2D eigenvalue weighted by Crippen LogP contribution is 2.19. The van der Waals surface area contributed by atoms with Crippen molar-refractivity contribution in [1.29, 1.82) is 0 Å². The van der Waals surface area contributed by atoms with Gasteiger partial charge in [-0.2, -0.15) is 10.2 Å². The number of hydrazone groups is 1. The van der Waals surface area contributed by atoms with E-state index in [0.717, 1.165) is 10.2 Å². The molecule has 0 aliphatic rings. The monoisotopic (exact) mass is 332 g/mol. The highest BCUT2D eigenvalue weighted by molar-refractivity contribution is 9.10. The Morgan fingerprint density at radius 2 is 2.00 bits per heavy atom. The van der Waals surface area contributed by atoms with Crippen LogP contribution in [0.3, 0.4) is 0 Å². The summed E-state index contributed by atoms with van der Waals surface area (Å²) in [5, 5.41) is 11.0. The maximum atomic E-state index is 5.82. The summed E-state index contributed by atoms with van der Waals surface area (Å²) < 4.78 is 1.01. The molecular formula is C10H7BrCl2N4. The van der Waals surface area contributed by atoms with Crippen LogP contribution in [0.5, 0.6) is 0 Å². The van der Waals surface area contributed by atoms with E-state index >= 15 is 0 Å². The van der Waals surface area contributed by atoms with Gasteiger partial charge in [0.15, 0.2) is 5.15 Å². The molecule has 1 aromatic carbocycles. The molecule has 7 heteroatoms. The molecule has 2 aromatic rings. The first-order valence-electron chi connectivity index (χ1n) is 4.61. The molecule has 88 valence electrons. The molecule has 0 atom stereocenters. The number of rotatable bonds is 3. The smallest absolute Gasteiger partial charge is 0.161 e. The van der Waals surface area contributed by atoms with Crippen LogP contribution in [0.1, 0.15) is 5.56 Å². The Morgan fingerprint density at radius 3 is 2.59 bits per heavy atom. The zero-order valence-electron chi connectivity index (χ0n) is 8.42. The van der Waals surface area contributed by atoms with Gasteiger partial charge >= 0.3 is 0 Å². The van der Waals surface area contributed by atoms with E-state index in [1.54, 1.807) is 0 Å². The predicted molar refractivity (Wildman–Crippen MR) is 74.0 cm³/mol. The number of benzene rings is 1. The summed E-state index contributed by atoms with van der Waals surface area (Å²) in [6.45, 7) is 0. The van der Waals surface area contributed by atoms with Gasteiger partial charge in [0.1, 0.15) is 5.15 Å². The van der Waals surface area contributed by atoms with Crippen LogP contribution in [0.4, 0.5) is 5.69 Å². The molecular weight excluding hydrogens is 327 g/mol. The second-order valence-electron chi connectivity index (χ2n) is 3.12. The molecule has 1 heterocycles. The van der Waals surface area contributed by atoms with E-state index in [4.69, 9.17) is 23.2 Å². The van der Waals surface area contributed by atoms with Gasteiger partial charge in [-0.1, -0.05) is 39.1 Å². The van der Waals surface area contributed by atoms with Crippen LogP contribution >= 0.6 is 39.1 Å². The summed E-state index contributed by atoms with van der Waals surface area (Å²) in [7, 11) is 0. The van der Waals surface area contributed by atoms with Gasteiger partial charge in [0.25, 0.3) is 0 Å². The van der Waals surface area contributed by atoms with Gasteiger partial charge in [-0.25, -0.2) is 0 Å². The number of nitrogens with zero attached hydrogens (tertiary/aromatic N) is 2. The Bertz CT molecular complexity index is 516. The summed E-state index contributed by atoms with van der Waals surface area (Å²) >= 11 is 15.0. The number of hydrogen-bond acceptors (Lipinski definition) is 3. The fourth-order valence-corrected chi connectivity index (χ4v) is 1.79. The fraction of sp³-hybridized carbons (Fsp3) is 0. The Morgan fingerprint density at radius 1 is 1.29 bits per heavy atom. The standard InChI is InChI=1S/C10H7BrCl2N4/c11-6-1-3-7(4-2-6)15-14-5-8-9(12)16-17-10(8)13/h1-5,15H,(H,16,17). The average Bonchev–Trinajstić information content (AvgIpc) is 2.63. The second kappa shape index (κ2) is 5.53. The van der Waals surface area contributed by atoms with Crippen molar-refractivity contribution in [2.75, 3.05) is 5.43 Å². The average molecular weight is 334 g/mol. The maximum absolute atomic E-state index is 5.82. The lowest BCUT2D eigenvalue weighted by Crippen LogP contribution is -1.90. The van der Waals surface area contributed by atoms with E-state index in [0.29, 0.717) is 10.7 Å². The predicted octanol–water partition coefficient (Wildman–Crippen LogP) is 3.93. The third-order valence-corrected chi connectivity index (χ3v) is 3.05. The number of anilines is 1. The highest BCUT2D eigenvalue weighted by atomic mass is 79.9. The van der Waals surface area contributed by atoms with E-state index in [1.807, 2.05) is 24.3 Å². The first-order valence-corrected chi connectivity index (χ1v) is 6.15. The van der Waals surface area contributed by atoms with E-state index < -0.39 is 0 Å². The third kappa shape index (κ3) is 3.21. The summed E-state index contributed by atoms with van der Waals surface area (Å²) in [5.41, 5.74) is 4.27. The molecule has 0 saturated heterocycles. The Hall–Kier alpha value is -1.04. The van der Waals surface area contributed by atoms with Crippen molar-refractivity contribution in [3.8, 4) is 0 Å². The lowest BCUT2D eigenvalue weighted by Gasteiger charge is -1.99. The van der Waals surface area contributed by atoms with E-state index in [2.05, 4.69) is 36.7 Å². The first-order chi connectivity index (χ1) is 8.16. The molecule has 4 nitrogen and oxygen atoms in total. The molecule has 0 radical (unpaired) electrons. The van der Waals surface area contributed by atoms with Crippen molar-refractivity contribution < 1.29 is 0 Å². The summed E-state index contributed by atoms with van der Waals surface area (Å²) in [6.07, 6.45) is 1.51. The summed E-state index contributed by atoms with van der Waals surface area (Å²) in [4.78, 5) is 0. The Labute approximate surface area is 116 Å². The van der Waals surface area contributed by atoms with Crippen molar-refractivity contribution in [2.24, 2.45) is 5.10 Å². The van der Waals surface area contributed by atoms with Crippen molar-refractivity contribution in [3.05, 3.63) is 44.6 Å². The molecule has 2 N–H and O–H groups in total. The number of hydrogen-bond donors (Lipinski definition) is 2. The minimum Gasteiger partial charge on any atom is -0.279 e. The molecule has 0 fully saturated rings. The molecule has 0 aliphatic carbocycles.